The van der Waals surface area contributed by atoms with Crippen LogP contribution in [0, 0.1) is 0 Å². The number of nitrogens with zero attached hydrogens (tertiary/aromatic N) is 4. The quantitative estimate of drug-likeness (QED) is 0.713. The number of amides is 1. The van der Waals surface area contributed by atoms with Crippen LogP contribution in [0.25, 0.3) is 10.7 Å². The molecule has 0 aromatic carbocycles. The molecule has 0 saturated carbocycles. The van der Waals surface area contributed by atoms with E-state index in [-0.39, 0.29) is 18.3 Å². The maximum atomic E-state index is 12.6. The maximum absolute atomic E-state index is 12.6. The molecule has 1 N–H and O–H groups in total. The summed E-state index contributed by atoms with van der Waals surface area (Å²) in [5.41, 5.74) is 1.58. The molecule has 7 nitrogen and oxygen atoms in total. The van der Waals surface area contributed by atoms with Gasteiger partial charge in [0.05, 0.1) is 23.3 Å². The van der Waals surface area contributed by atoms with Crippen LogP contribution < -0.4 is 5.32 Å². The van der Waals surface area contributed by atoms with Gasteiger partial charge in [-0.1, -0.05) is 5.16 Å². The van der Waals surface area contributed by atoms with Crippen molar-refractivity contribution in [2.24, 2.45) is 0 Å². The third-order valence-corrected chi connectivity index (χ3v) is 5.38. The van der Waals surface area contributed by atoms with Crippen LogP contribution in [0.4, 0.5) is 18.9 Å². The Morgan fingerprint density at radius 2 is 2.25 bits per heavy atom. The zero-order valence-electron chi connectivity index (χ0n) is 14.4. The van der Waals surface area contributed by atoms with Gasteiger partial charge in [0.15, 0.2) is 0 Å². The summed E-state index contributed by atoms with van der Waals surface area (Å²) in [6.07, 6.45) is -0.778. The molecule has 3 aromatic heterocycles. The summed E-state index contributed by atoms with van der Waals surface area (Å²) in [6.45, 7) is 1.41. The summed E-state index contributed by atoms with van der Waals surface area (Å²) >= 11 is 1.35. The first-order valence-corrected chi connectivity index (χ1v) is 9.15. The minimum atomic E-state index is -4.67. The van der Waals surface area contributed by atoms with Crippen molar-refractivity contribution >= 4 is 22.9 Å². The van der Waals surface area contributed by atoms with Crippen LogP contribution >= 0.6 is 11.3 Å². The summed E-state index contributed by atoms with van der Waals surface area (Å²) in [5.74, 6) is -1.59. The number of hydrogen-bond donors (Lipinski definition) is 1. The first kappa shape index (κ1) is 18.6. The lowest BCUT2D eigenvalue weighted by molar-refractivity contribution is -0.159. The first-order chi connectivity index (χ1) is 13.4. The zero-order valence-corrected chi connectivity index (χ0v) is 15.2. The number of nitrogens with one attached hydrogen (secondary N) is 1. The second-order valence-corrected chi connectivity index (χ2v) is 7.37. The van der Waals surface area contributed by atoms with Gasteiger partial charge in [0.2, 0.25) is 11.7 Å². The highest BCUT2D eigenvalue weighted by Crippen LogP contribution is 2.35. The van der Waals surface area contributed by atoms with Gasteiger partial charge in [0.1, 0.15) is 0 Å². The molecule has 1 aliphatic heterocycles. The summed E-state index contributed by atoms with van der Waals surface area (Å²) in [7, 11) is 0. The number of carbonyl (C=O) groups is 1. The lowest BCUT2D eigenvalue weighted by atomic mass is 10.1. The Labute approximate surface area is 161 Å². The van der Waals surface area contributed by atoms with Crippen LogP contribution in [0.15, 0.2) is 35.1 Å². The number of fused-ring (bicyclic) bond motifs is 1. The molecule has 0 atom stereocenters. The maximum Gasteiger partial charge on any atom is 0.471 e. The smallest absolute Gasteiger partial charge is 0.329 e. The van der Waals surface area contributed by atoms with E-state index < -0.39 is 12.1 Å². The molecule has 0 fully saturated rings. The van der Waals surface area contributed by atoms with Crippen molar-refractivity contribution in [2.75, 3.05) is 18.4 Å². The van der Waals surface area contributed by atoms with Gasteiger partial charge in [-0.05, 0) is 30.2 Å². The second-order valence-electron chi connectivity index (χ2n) is 6.23. The van der Waals surface area contributed by atoms with Crippen molar-refractivity contribution in [3.8, 4) is 10.7 Å². The highest BCUT2D eigenvalue weighted by Gasteiger charge is 2.38. The molecule has 1 aliphatic rings. The number of halogens is 3. The van der Waals surface area contributed by atoms with Gasteiger partial charge < -0.3 is 9.84 Å². The Hall–Kier alpha value is -2.79. The minimum absolute atomic E-state index is 0.0763. The monoisotopic (exact) mass is 409 g/mol. The molecule has 146 valence electrons. The predicted molar refractivity (Wildman–Crippen MR) is 94.5 cm³/mol. The Balaban J connectivity index is 1.42. The van der Waals surface area contributed by atoms with E-state index in [0.29, 0.717) is 30.1 Å². The number of anilines is 1. The second kappa shape index (κ2) is 7.32. The van der Waals surface area contributed by atoms with Crippen molar-refractivity contribution < 1.29 is 22.5 Å². The van der Waals surface area contributed by atoms with Crippen LogP contribution in [0.5, 0.6) is 0 Å². The van der Waals surface area contributed by atoms with E-state index >= 15 is 0 Å². The van der Waals surface area contributed by atoms with Crippen LogP contribution in [-0.2, 0) is 23.9 Å². The fourth-order valence-corrected chi connectivity index (χ4v) is 4.00. The average molecular weight is 409 g/mol. The van der Waals surface area contributed by atoms with Gasteiger partial charge in [-0.25, -0.2) is 0 Å². The first-order valence-electron chi connectivity index (χ1n) is 8.33. The fourth-order valence-electron chi connectivity index (χ4n) is 2.92. The highest BCUT2D eigenvalue weighted by atomic mass is 32.1. The van der Waals surface area contributed by atoms with E-state index in [4.69, 9.17) is 0 Å². The van der Waals surface area contributed by atoms with E-state index in [1.807, 2.05) is 4.90 Å². The molecule has 3 aromatic rings. The predicted octanol–water partition coefficient (Wildman–Crippen LogP) is 3.21. The molecule has 4 heterocycles. The van der Waals surface area contributed by atoms with Gasteiger partial charge in [-0.2, -0.15) is 18.2 Å². The number of alkyl halides is 3. The third kappa shape index (κ3) is 4.04. The molecule has 0 saturated heterocycles. The molecule has 4 rings (SSSR count). The van der Waals surface area contributed by atoms with E-state index in [9.17, 15) is 18.0 Å². The molecule has 0 bridgehead atoms. The average Bonchev–Trinajstić information content (AvgIpc) is 3.28. The van der Waals surface area contributed by atoms with Gasteiger partial charge in [-0.3, -0.25) is 14.7 Å². The number of hydrogen-bond acceptors (Lipinski definition) is 7. The summed E-state index contributed by atoms with van der Waals surface area (Å²) < 4.78 is 42.2. The largest absolute Gasteiger partial charge is 0.471 e. The van der Waals surface area contributed by atoms with Crippen molar-refractivity contribution in [1.82, 2.24) is 20.0 Å². The van der Waals surface area contributed by atoms with Crippen molar-refractivity contribution in [2.45, 2.75) is 19.1 Å². The standard InChI is InChI=1S/C17H14F3N5O2S/c18-17(19,20)16-23-15(24-27-16)13-6-10-8-25(5-3-12(10)28-13)9-14(26)22-11-2-1-4-21-7-11/h1-2,4,6-7H,3,5,8-9H2,(H,22,26). The number of carbonyl (C=O) groups excluding carboxylic acids is 1. The Kier molecular flexibility index (Phi) is 4.85. The van der Waals surface area contributed by atoms with E-state index in [2.05, 4.69) is 25.0 Å². The van der Waals surface area contributed by atoms with Crippen LogP contribution in [0.1, 0.15) is 16.3 Å². The minimum Gasteiger partial charge on any atom is -0.329 e. The highest BCUT2D eigenvalue weighted by molar-refractivity contribution is 7.15. The molecule has 0 aliphatic carbocycles. The van der Waals surface area contributed by atoms with E-state index in [1.165, 1.54) is 11.3 Å². The number of rotatable bonds is 4. The van der Waals surface area contributed by atoms with Crippen LogP contribution in [0.2, 0.25) is 0 Å². The van der Waals surface area contributed by atoms with E-state index in [0.717, 1.165) is 10.4 Å². The van der Waals surface area contributed by atoms with Gasteiger partial charge in [0.25, 0.3) is 0 Å². The van der Waals surface area contributed by atoms with E-state index in [1.54, 1.807) is 30.6 Å². The molecule has 0 unspecified atom stereocenters. The fraction of sp³-hybridized carbons (Fsp3) is 0.294. The molecule has 28 heavy (non-hydrogen) atoms. The topological polar surface area (TPSA) is 84.2 Å². The molecule has 11 heteroatoms. The van der Waals surface area contributed by atoms with Crippen molar-refractivity contribution in [1.29, 1.82) is 0 Å². The summed E-state index contributed by atoms with van der Waals surface area (Å²) in [4.78, 5) is 23.1. The SMILES string of the molecule is O=C(CN1CCc2sc(-c3noc(C(F)(F)F)n3)cc2C1)Nc1cccnc1. The molecule has 1 amide bonds. The lowest BCUT2D eigenvalue weighted by Crippen LogP contribution is -2.36. The Morgan fingerprint density at radius 3 is 2.96 bits per heavy atom. The van der Waals surface area contributed by atoms with Crippen LogP contribution in [-0.4, -0.2) is 39.0 Å². The number of aromatic nitrogens is 3. The normalized spacial score (nSPS) is 14.7. The number of pyridine rings is 1. The Bertz CT molecular complexity index is 986. The zero-order chi connectivity index (χ0) is 19.7. The van der Waals surface area contributed by atoms with Gasteiger partial charge in [-0.15, -0.1) is 11.3 Å². The van der Waals surface area contributed by atoms with Gasteiger partial charge in [0, 0.05) is 24.2 Å². The van der Waals surface area contributed by atoms with Crippen molar-refractivity contribution in [3.63, 3.8) is 0 Å². The molecule has 0 spiro atoms. The summed E-state index contributed by atoms with van der Waals surface area (Å²) in [6, 6.07) is 5.25. The lowest BCUT2D eigenvalue weighted by Gasteiger charge is -2.25. The van der Waals surface area contributed by atoms with Crippen molar-refractivity contribution in [3.05, 3.63) is 46.9 Å². The molecule has 0 radical (unpaired) electrons. The third-order valence-electron chi connectivity index (χ3n) is 4.15. The summed E-state index contributed by atoms with van der Waals surface area (Å²) in [5, 5.41) is 6.21. The molecular formula is C17H14F3N5O2S. The number of thiophene rings is 1. The van der Waals surface area contributed by atoms with Gasteiger partial charge >= 0.3 is 12.1 Å². The Morgan fingerprint density at radius 1 is 1.39 bits per heavy atom. The van der Waals surface area contributed by atoms with Crippen LogP contribution in [0.3, 0.4) is 0 Å². The molecular weight excluding hydrogens is 395 g/mol.